The van der Waals surface area contributed by atoms with E-state index >= 15 is 0 Å². The lowest BCUT2D eigenvalue weighted by atomic mass is 9.53. The fourth-order valence-electron chi connectivity index (χ4n) is 4.46. The molecule has 0 amide bonds. The van der Waals surface area contributed by atoms with E-state index in [-0.39, 0.29) is 17.8 Å². The van der Waals surface area contributed by atoms with Gasteiger partial charge in [0, 0.05) is 11.0 Å². The van der Waals surface area contributed by atoms with Gasteiger partial charge in [0.2, 0.25) is 0 Å². The van der Waals surface area contributed by atoms with Gasteiger partial charge in [-0.25, -0.2) is 0 Å². The van der Waals surface area contributed by atoms with E-state index in [1.54, 1.807) is 6.07 Å². The number of nitrogens with two attached hydrogens (primary N) is 1. The second-order valence-corrected chi connectivity index (χ2v) is 6.17. The summed E-state index contributed by atoms with van der Waals surface area (Å²) in [6.07, 6.45) is 6.36. The molecule has 2 aliphatic rings. The molecule has 1 aromatic carbocycles. The number of aliphatic hydroxyl groups is 1. The van der Waals surface area contributed by atoms with Crippen molar-refractivity contribution in [3.05, 3.63) is 29.3 Å². The van der Waals surface area contributed by atoms with Crippen LogP contribution < -0.4 is 5.73 Å². The summed E-state index contributed by atoms with van der Waals surface area (Å²) in [7, 11) is 0. The SMILES string of the molecule is Cl.NCC[C@]12CCCC[C@@]1(O)CCc1cccc(O)c12. The van der Waals surface area contributed by atoms with Gasteiger partial charge in [-0.15, -0.1) is 12.4 Å². The molecule has 1 saturated carbocycles. The molecule has 0 aromatic heterocycles. The van der Waals surface area contributed by atoms with Gasteiger partial charge in [0.1, 0.15) is 5.75 Å². The molecule has 4 heteroatoms. The van der Waals surface area contributed by atoms with Crippen LogP contribution in [0.2, 0.25) is 0 Å². The maximum absolute atomic E-state index is 11.2. The molecule has 20 heavy (non-hydrogen) atoms. The number of phenolic OH excluding ortho intramolecular Hbond substituents is 1. The van der Waals surface area contributed by atoms with Gasteiger partial charge >= 0.3 is 0 Å². The molecular formula is C16H24ClNO2. The van der Waals surface area contributed by atoms with Crippen molar-refractivity contribution >= 4 is 12.4 Å². The van der Waals surface area contributed by atoms with E-state index < -0.39 is 5.60 Å². The van der Waals surface area contributed by atoms with E-state index in [2.05, 4.69) is 6.07 Å². The highest BCUT2D eigenvalue weighted by Gasteiger charge is 2.55. The molecule has 0 bridgehead atoms. The first-order chi connectivity index (χ1) is 9.13. The first-order valence-corrected chi connectivity index (χ1v) is 7.37. The summed E-state index contributed by atoms with van der Waals surface area (Å²) in [5, 5.41) is 21.5. The number of fused-ring (bicyclic) bond motifs is 3. The fraction of sp³-hybridized carbons (Fsp3) is 0.625. The molecule has 0 aliphatic heterocycles. The molecule has 0 unspecified atom stereocenters. The standard InChI is InChI=1S/C16H23NO2.ClH/c17-11-10-15-7-1-2-8-16(15,19)9-6-12-4-3-5-13(18)14(12)15;/h3-5,18-19H,1-2,6-11,17H2;1H/t15-,16+;/m0./s1. The average molecular weight is 298 g/mol. The fourth-order valence-corrected chi connectivity index (χ4v) is 4.46. The van der Waals surface area contributed by atoms with Crippen molar-refractivity contribution in [2.24, 2.45) is 5.73 Å². The van der Waals surface area contributed by atoms with Gasteiger partial charge in [0.05, 0.1) is 5.60 Å². The summed E-state index contributed by atoms with van der Waals surface area (Å²) >= 11 is 0. The molecule has 1 aromatic rings. The molecule has 112 valence electrons. The van der Waals surface area contributed by atoms with E-state index in [4.69, 9.17) is 5.73 Å². The number of hydrogen-bond acceptors (Lipinski definition) is 3. The number of aryl methyl sites for hydroxylation is 1. The van der Waals surface area contributed by atoms with Crippen molar-refractivity contribution in [1.29, 1.82) is 0 Å². The minimum Gasteiger partial charge on any atom is -0.508 e. The van der Waals surface area contributed by atoms with Crippen molar-refractivity contribution in [2.75, 3.05) is 6.54 Å². The van der Waals surface area contributed by atoms with Crippen molar-refractivity contribution in [3.8, 4) is 5.75 Å². The third-order valence-corrected chi connectivity index (χ3v) is 5.32. The van der Waals surface area contributed by atoms with Crippen molar-refractivity contribution < 1.29 is 10.2 Å². The molecule has 2 aliphatic carbocycles. The summed E-state index contributed by atoms with van der Waals surface area (Å²) in [5.41, 5.74) is 6.99. The van der Waals surface area contributed by atoms with Crippen LogP contribution in [0.25, 0.3) is 0 Å². The quantitative estimate of drug-likeness (QED) is 0.786. The topological polar surface area (TPSA) is 66.5 Å². The van der Waals surface area contributed by atoms with Crippen LogP contribution in [0.1, 0.15) is 49.7 Å². The highest BCUT2D eigenvalue weighted by Crippen LogP contribution is 2.56. The Morgan fingerprint density at radius 2 is 1.90 bits per heavy atom. The number of aromatic hydroxyl groups is 1. The molecule has 4 N–H and O–H groups in total. The Kier molecular flexibility index (Phi) is 4.33. The smallest absolute Gasteiger partial charge is 0.119 e. The van der Waals surface area contributed by atoms with Crippen molar-refractivity contribution in [1.82, 2.24) is 0 Å². The molecule has 2 atom stereocenters. The number of benzene rings is 1. The maximum Gasteiger partial charge on any atom is 0.119 e. The van der Waals surface area contributed by atoms with Gasteiger partial charge in [-0.05, 0) is 50.3 Å². The maximum atomic E-state index is 11.2. The Bertz CT molecular complexity index is 489. The van der Waals surface area contributed by atoms with Gasteiger partial charge in [0.15, 0.2) is 0 Å². The third kappa shape index (κ3) is 2.03. The molecule has 0 radical (unpaired) electrons. The normalized spacial score (nSPS) is 31.9. The molecule has 1 fully saturated rings. The molecular weight excluding hydrogens is 274 g/mol. The minimum atomic E-state index is -0.684. The Morgan fingerprint density at radius 1 is 1.15 bits per heavy atom. The van der Waals surface area contributed by atoms with Crippen LogP contribution in [0.4, 0.5) is 0 Å². The van der Waals surface area contributed by atoms with E-state index in [1.807, 2.05) is 6.07 Å². The van der Waals surface area contributed by atoms with Crippen LogP contribution in [0.15, 0.2) is 18.2 Å². The third-order valence-electron chi connectivity index (χ3n) is 5.32. The molecule has 0 heterocycles. The summed E-state index contributed by atoms with van der Waals surface area (Å²) in [6, 6.07) is 5.73. The minimum absolute atomic E-state index is 0. The first-order valence-electron chi connectivity index (χ1n) is 7.37. The second kappa shape index (κ2) is 5.55. The highest BCUT2D eigenvalue weighted by molar-refractivity contribution is 5.85. The van der Waals surface area contributed by atoms with Crippen molar-refractivity contribution in [2.45, 2.75) is 56.0 Å². The lowest BCUT2D eigenvalue weighted by Crippen LogP contribution is -2.57. The molecule has 3 rings (SSSR count). The van der Waals surface area contributed by atoms with Crippen LogP contribution in [0.3, 0.4) is 0 Å². The van der Waals surface area contributed by atoms with Gasteiger partial charge in [0.25, 0.3) is 0 Å². The number of phenols is 1. The Hall–Kier alpha value is -0.770. The van der Waals surface area contributed by atoms with Crippen LogP contribution in [-0.2, 0) is 11.8 Å². The van der Waals surface area contributed by atoms with Crippen LogP contribution >= 0.6 is 12.4 Å². The number of halogens is 1. The largest absolute Gasteiger partial charge is 0.508 e. The van der Waals surface area contributed by atoms with E-state index in [9.17, 15) is 10.2 Å². The van der Waals surface area contributed by atoms with Crippen LogP contribution in [-0.4, -0.2) is 22.4 Å². The van der Waals surface area contributed by atoms with Gasteiger partial charge in [-0.1, -0.05) is 25.0 Å². The van der Waals surface area contributed by atoms with Crippen molar-refractivity contribution in [3.63, 3.8) is 0 Å². The van der Waals surface area contributed by atoms with Crippen LogP contribution in [0.5, 0.6) is 5.75 Å². The zero-order chi connectivity index (χ0) is 13.5. The lowest BCUT2D eigenvalue weighted by molar-refractivity contribution is -0.0870. The summed E-state index contributed by atoms with van der Waals surface area (Å²) in [6.45, 7) is 0.552. The van der Waals surface area contributed by atoms with Gasteiger partial charge in [-0.2, -0.15) is 0 Å². The Labute approximate surface area is 126 Å². The zero-order valence-electron chi connectivity index (χ0n) is 11.8. The lowest BCUT2D eigenvalue weighted by Gasteiger charge is -2.54. The van der Waals surface area contributed by atoms with Gasteiger partial charge in [-0.3, -0.25) is 0 Å². The monoisotopic (exact) mass is 297 g/mol. The summed E-state index contributed by atoms with van der Waals surface area (Å²) in [4.78, 5) is 0. The Morgan fingerprint density at radius 3 is 2.65 bits per heavy atom. The zero-order valence-corrected chi connectivity index (χ0v) is 12.6. The predicted molar refractivity (Wildman–Crippen MR) is 82.4 cm³/mol. The molecule has 0 spiro atoms. The van der Waals surface area contributed by atoms with Crippen LogP contribution in [0, 0.1) is 0 Å². The average Bonchev–Trinajstić information content (AvgIpc) is 2.40. The molecule has 0 saturated heterocycles. The summed E-state index contributed by atoms with van der Waals surface area (Å²) in [5.74, 6) is 0.339. The first kappa shape index (κ1) is 15.6. The van der Waals surface area contributed by atoms with Gasteiger partial charge < -0.3 is 15.9 Å². The summed E-state index contributed by atoms with van der Waals surface area (Å²) < 4.78 is 0. The van der Waals surface area contributed by atoms with E-state index in [0.29, 0.717) is 12.3 Å². The molecule has 3 nitrogen and oxygen atoms in total. The highest BCUT2D eigenvalue weighted by atomic mass is 35.5. The predicted octanol–water partition coefficient (Wildman–Crippen LogP) is 2.65. The number of rotatable bonds is 2. The Balaban J connectivity index is 0.00000147. The van der Waals surface area contributed by atoms with E-state index in [0.717, 1.165) is 50.5 Å². The van der Waals surface area contributed by atoms with E-state index in [1.165, 1.54) is 5.56 Å². The second-order valence-electron chi connectivity index (χ2n) is 6.17. The number of hydrogen-bond donors (Lipinski definition) is 3.